The molecule has 0 unspecified atom stereocenters. The summed E-state index contributed by atoms with van der Waals surface area (Å²) in [6, 6.07) is 17.0. The van der Waals surface area contributed by atoms with Crippen LogP contribution in [-0.2, 0) is 0 Å². The van der Waals surface area contributed by atoms with Gasteiger partial charge < -0.3 is 24.6 Å². The van der Waals surface area contributed by atoms with Gasteiger partial charge in [-0.3, -0.25) is 4.79 Å². The standard InChI is InChI=1S/C27H26ClN5O3/c1-35-23-16-24(36-2)22(15-21(23)28)31-27(34)20-17-30-26(19-8-4-3-7-18(19)20)33-13-11-32(12-14-33)25-9-5-6-10-29-25/h3-10,15-17H,11-14H2,1-2H3,(H,31,34). The van der Waals surface area contributed by atoms with E-state index < -0.39 is 0 Å². The van der Waals surface area contributed by atoms with Crippen LogP contribution in [0.4, 0.5) is 17.3 Å². The van der Waals surface area contributed by atoms with Gasteiger partial charge in [0.05, 0.1) is 30.5 Å². The molecule has 8 nitrogen and oxygen atoms in total. The van der Waals surface area contributed by atoms with Crippen LogP contribution in [0.2, 0.25) is 5.02 Å². The van der Waals surface area contributed by atoms with Crippen molar-refractivity contribution in [1.82, 2.24) is 9.97 Å². The smallest absolute Gasteiger partial charge is 0.257 e. The number of anilines is 3. The number of carbonyl (C=O) groups excluding carboxylic acids is 1. The third kappa shape index (κ3) is 4.59. The maximum absolute atomic E-state index is 13.3. The van der Waals surface area contributed by atoms with E-state index in [-0.39, 0.29) is 5.91 Å². The fraction of sp³-hybridized carbons (Fsp3) is 0.222. The predicted molar refractivity (Wildman–Crippen MR) is 143 cm³/mol. The summed E-state index contributed by atoms with van der Waals surface area (Å²) in [7, 11) is 3.05. The molecule has 9 heteroatoms. The number of methoxy groups -OCH3 is 2. The zero-order valence-corrected chi connectivity index (χ0v) is 20.8. The van der Waals surface area contributed by atoms with Crippen LogP contribution < -0.4 is 24.6 Å². The van der Waals surface area contributed by atoms with Gasteiger partial charge in [-0.25, -0.2) is 9.97 Å². The number of hydrogen-bond donors (Lipinski definition) is 1. The van der Waals surface area contributed by atoms with Gasteiger partial charge >= 0.3 is 0 Å². The summed E-state index contributed by atoms with van der Waals surface area (Å²) in [6.07, 6.45) is 3.45. The third-order valence-corrected chi connectivity index (χ3v) is 6.59. The van der Waals surface area contributed by atoms with Crippen molar-refractivity contribution in [1.29, 1.82) is 0 Å². The minimum absolute atomic E-state index is 0.301. The molecule has 3 heterocycles. The molecular formula is C27H26ClN5O3. The van der Waals surface area contributed by atoms with Crippen LogP contribution >= 0.6 is 11.6 Å². The average molecular weight is 504 g/mol. The van der Waals surface area contributed by atoms with E-state index in [4.69, 9.17) is 26.1 Å². The first-order valence-electron chi connectivity index (χ1n) is 11.6. The number of hydrogen-bond acceptors (Lipinski definition) is 7. The van der Waals surface area contributed by atoms with E-state index in [1.165, 1.54) is 14.2 Å². The van der Waals surface area contributed by atoms with Crippen LogP contribution in [0.15, 0.2) is 67.0 Å². The summed E-state index contributed by atoms with van der Waals surface area (Å²) in [4.78, 5) is 27.1. The van der Waals surface area contributed by atoms with Crippen LogP contribution in [0.3, 0.4) is 0 Å². The van der Waals surface area contributed by atoms with Gasteiger partial charge in [0.1, 0.15) is 23.1 Å². The second-order valence-corrected chi connectivity index (χ2v) is 8.75. The molecule has 0 radical (unpaired) electrons. The molecule has 0 aliphatic carbocycles. The zero-order chi connectivity index (χ0) is 25.1. The van der Waals surface area contributed by atoms with Crippen molar-refractivity contribution in [3.05, 3.63) is 77.6 Å². The van der Waals surface area contributed by atoms with Crippen molar-refractivity contribution in [2.75, 3.05) is 55.5 Å². The SMILES string of the molecule is COc1cc(OC)c(NC(=O)c2cnc(N3CCN(c4ccccn4)CC3)c3ccccc23)cc1Cl. The number of fused-ring (bicyclic) bond motifs is 1. The van der Waals surface area contributed by atoms with Crippen LogP contribution in [-0.4, -0.2) is 56.3 Å². The Morgan fingerprint density at radius 1 is 0.889 bits per heavy atom. The number of carbonyl (C=O) groups is 1. The van der Waals surface area contributed by atoms with Crippen molar-refractivity contribution in [2.24, 2.45) is 0 Å². The average Bonchev–Trinajstić information content (AvgIpc) is 2.93. The topological polar surface area (TPSA) is 79.8 Å². The Labute approximate surface area is 214 Å². The highest BCUT2D eigenvalue weighted by Crippen LogP contribution is 2.36. The number of aromatic nitrogens is 2. The second-order valence-electron chi connectivity index (χ2n) is 8.34. The molecule has 0 bridgehead atoms. The summed E-state index contributed by atoms with van der Waals surface area (Å²) in [5, 5.41) is 5.04. The minimum atomic E-state index is -0.301. The Hall–Kier alpha value is -4.04. The Balaban J connectivity index is 1.40. The van der Waals surface area contributed by atoms with E-state index in [1.54, 1.807) is 18.3 Å². The van der Waals surface area contributed by atoms with Gasteiger partial charge in [-0.15, -0.1) is 0 Å². The summed E-state index contributed by atoms with van der Waals surface area (Å²) in [5.41, 5.74) is 0.919. The molecule has 0 spiro atoms. The van der Waals surface area contributed by atoms with Crippen molar-refractivity contribution >= 4 is 45.6 Å². The van der Waals surface area contributed by atoms with Crippen LogP contribution in [0, 0.1) is 0 Å². The summed E-state index contributed by atoms with van der Waals surface area (Å²) >= 11 is 6.28. The van der Waals surface area contributed by atoms with Gasteiger partial charge in [0.2, 0.25) is 0 Å². The molecule has 1 aliphatic rings. The first-order valence-corrected chi connectivity index (χ1v) is 12.0. The van der Waals surface area contributed by atoms with Gasteiger partial charge in [0.25, 0.3) is 5.91 Å². The van der Waals surface area contributed by atoms with Gasteiger partial charge in [0.15, 0.2) is 0 Å². The molecular weight excluding hydrogens is 478 g/mol. The van der Waals surface area contributed by atoms with E-state index in [0.717, 1.165) is 48.6 Å². The maximum atomic E-state index is 13.3. The van der Waals surface area contributed by atoms with E-state index in [9.17, 15) is 4.79 Å². The van der Waals surface area contributed by atoms with Crippen molar-refractivity contribution < 1.29 is 14.3 Å². The van der Waals surface area contributed by atoms with E-state index in [2.05, 4.69) is 20.1 Å². The second kappa shape index (κ2) is 10.3. The van der Waals surface area contributed by atoms with Crippen molar-refractivity contribution in [3.63, 3.8) is 0 Å². The molecule has 4 aromatic rings. The van der Waals surface area contributed by atoms with Crippen LogP contribution in [0.1, 0.15) is 10.4 Å². The number of pyridine rings is 2. The molecule has 1 fully saturated rings. The van der Waals surface area contributed by atoms with E-state index in [0.29, 0.717) is 27.8 Å². The largest absolute Gasteiger partial charge is 0.495 e. The predicted octanol–water partition coefficient (Wildman–Crippen LogP) is 4.88. The number of benzene rings is 2. The van der Waals surface area contributed by atoms with Gasteiger partial charge in [-0.05, 0) is 23.6 Å². The van der Waals surface area contributed by atoms with Crippen molar-refractivity contribution in [2.45, 2.75) is 0 Å². The molecule has 0 atom stereocenters. The quantitative estimate of drug-likeness (QED) is 0.401. The van der Waals surface area contributed by atoms with Gasteiger partial charge in [0, 0.05) is 50.0 Å². The molecule has 1 N–H and O–H groups in total. The number of nitrogens with one attached hydrogen (secondary N) is 1. The third-order valence-electron chi connectivity index (χ3n) is 6.29. The minimum Gasteiger partial charge on any atom is -0.495 e. The van der Waals surface area contributed by atoms with Gasteiger partial charge in [-0.2, -0.15) is 0 Å². The number of piperazine rings is 1. The highest BCUT2D eigenvalue weighted by molar-refractivity contribution is 6.32. The molecule has 36 heavy (non-hydrogen) atoms. The Morgan fingerprint density at radius 2 is 1.58 bits per heavy atom. The van der Waals surface area contributed by atoms with Gasteiger partial charge in [-0.1, -0.05) is 41.9 Å². The lowest BCUT2D eigenvalue weighted by molar-refractivity contribution is 0.102. The number of rotatable bonds is 6. The van der Waals surface area contributed by atoms with Crippen molar-refractivity contribution in [3.8, 4) is 11.5 Å². The van der Waals surface area contributed by atoms with E-state index >= 15 is 0 Å². The molecule has 184 valence electrons. The molecule has 0 saturated carbocycles. The Bertz CT molecular complexity index is 1390. The normalized spacial score (nSPS) is 13.5. The molecule has 2 aromatic carbocycles. The molecule has 5 rings (SSSR count). The lowest BCUT2D eigenvalue weighted by Gasteiger charge is -2.36. The van der Waals surface area contributed by atoms with Crippen LogP contribution in [0.25, 0.3) is 10.8 Å². The first kappa shape index (κ1) is 23.7. The van der Waals surface area contributed by atoms with E-state index in [1.807, 2.05) is 48.7 Å². The summed E-state index contributed by atoms with van der Waals surface area (Å²) in [6.45, 7) is 3.29. The molecule has 1 aliphatic heterocycles. The monoisotopic (exact) mass is 503 g/mol. The highest BCUT2D eigenvalue weighted by atomic mass is 35.5. The molecule has 1 saturated heterocycles. The number of ether oxygens (including phenoxy) is 2. The lowest BCUT2D eigenvalue weighted by atomic mass is 10.1. The first-order chi connectivity index (χ1) is 17.6. The fourth-order valence-electron chi connectivity index (χ4n) is 4.45. The number of nitrogens with zero attached hydrogens (tertiary/aromatic N) is 4. The number of amides is 1. The molecule has 1 amide bonds. The zero-order valence-electron chi connectivity index (χ0n) is 20.1. The fourth-order valence-corrected chi connectivity index (χ4v) is 4.69. The Kier molecular flexibility index (Phi) is 6.77. The molecule has 2 aromatic heterocycles. The lowest BCUT2D eigenvalue weighted by Crippen LogP contribution is -2.47. The highest BCUT2D eigenvalue weighted by Gasteiger charge is 2.23. The maximum Gasteiger partial charge on any atom is 0.257 e. The Morgan fingerprint density at radius 3 is 2.28 bits per heavy atom. The van der Waals surface area contributed by atoms with Crippen LogP contribution in [0.5, 0.6) is 11.5 Å². The summed E-state index contributed by atoms with van der Waals surface area (Å²) < 4.78 is 10.7. The summed E-state index contributed by atoms with van der Waals surface area (Å²) in [5.74, 6) is 2.46. The number of halogens is 1.